The molecule has 2 N–H and O–H groups in total. The van der Waals surface area contributed by atoms with Crippen LogP contribution in [0, 0.1) is 0 Å². The van der Waals surface area contributed by atoms with Crippen LogP contribution in [-0.2, 0) is 6.42 Å². The summed E-state index contributed by atoms with van der Waals surface area (Å²) < 4.78 is 5.08. The Bertz CT molecular complexity index is 280. The molecule has 1 saturated heterocycles. The van der Waals surface area contributed by atoms with Crippen LogP contribution in [0.5, 0.6) is 0 Å². The van der Waals surface area contributed by atoms with Crippen molar-refractivity contribution in [2.24, 2.45) is 5.73 Å². The molecule has 0 bridgehead atoms. The molecule has 5 nitrogen and oxygen atoms in total. The van der Waals surface area contributed by atoms with Crippen molar-refractivity contribution in [2.45, 2.75) is 25.7 Å². The molecule has 1 aliphatic heterocycles. The predicted octanol–water partition coefficient (Wildman–Crippen LogP) is 0.561. The Kier molecular flexibility index (Phi) is 2.98. The summed E-state index contributed by atoms with van der Waals surface area (Å²) in [5, 5.41) is 3.94. The van der Waals surface area contributed by atoms with Crippen LogP contribution in [0.2, 0.25) is 0 Å². The van der Waals surface area contributed by atoms with E-state index in [0.29, 0.717) is 18.9 Å². The van der Waals surface area contributed by atoms with E-state index in [2.05, 4.69) is 15.0 Å². The van der Waals surface area contributed by atoms with Gasteiger partial charge in [0.25, 0.3) is 5.95 Å². The normalized spacial score (nSPS) is 17.4. The van der Waals surface area contributed by atoms with Crippen molar-refractivity contribution in [3.8, 4) is 0 Å². The maximum atomic E-state index is 5.41. The van der Waals surface area contributed by atoms with E-state index < -0.39 is 0 Å². The number of nitrogens with two attached hydrogens (primary N) is 1. The fourth-order valence-electron chi connectivity index (χ4n) is 1.69. The second-order valence-corrected chi connectivity index (χ2v) is 3.57. The summed E-state index contributed by atoms with van der Waals surface area (Å²) in [6.45, 7) is 2.64. The van der Waals surface area contributed by atoms with Crippen molar-refractivity contribution >= 4 is 5.95 Å². The smallest absolute Gasteiger partial charge is 0.266 e. The monoisotopic (exact) mass is 196 g/mol. The predicted molar refractivity (Wildman–Crippen MR) is 53.1 cm³/mol. The first kappa shape index (κ1) is 9.45. The summed E-state index contributed by atoms with van der Waals surface area (Å²) >= 11 is 0. The van der Waals surface area contributed by atoms with Gasteiger partial charge in [0.15, 0.2) is 0 Å². The number of rotatable bonds is 3. The zero-order valence-corrected chi connectivity index (χ0v) is 8.28. The number of hydrogen-bond acceptors (Lipinski definition) is 5. The maximum absolute atomic E-state index is 5.41. The van der Waals surface area contributed by atoms with Crippen LogP contribution >= 0.6 is 0 Å². The van der Waals surface area contributed by atoms with E-state index in [9.17, 15) is 0 Å². The summed E-state index contributed by atoms with van der Waals surface area (Å²) in [5.41, 5.74) is 5.41. The first-order chi connectivity index (χ1) is 6.90. The molecule has 2 heterocycles. The Hall–Kier alpha value is -1.10. The first-order valence-electron chi connectivity index (χ1n) is 5.18. The number of piperidine rings is 1. The third-order valence-corrected chi connectivity index (χ3v) is 2.45. The Balaban J connectivity index is 2.00. The number of hydrogen-bond donors (Lipinski definition) is 1. The van der Waals surface area contributed by atoms with Crippen molar-refractivity contribution in [3.05, 3.63) is 5.89 Å². The van der Waals surface area contributed by atoms with Gasteiger partial charge in [-0.3, -0.25) is 0 Å². The van der Waals surface area contributed by atoms with Crippen molar-refractivity contribution < 1.29 is 4.52 Å². The zero-order chi connectivity index (χ0) is 9.80. The highest BCUT2D eigenvalue weighted by Crippen LogP contribution is 2.15. The Morgan fingerprint density at radius 3 is 2.79 bits per heavy atom. The Morgan fingerprint density at radius 2 is 2.07 bits per heavy atom. The van der Waals surface area contributed by atoms with Gasteiger partial charge in [0.2, 0.25) is 5.89 Å². The third-order valence-electron chi connectivity index (χ3n) is 2.45. The second-order valence-electron chi connectivity index (χ2n) is 3.57. The molecule has 5 heteroatoms. The Morgan fingerprint density at radius 1 is 1.29 bits per heavy atom. The largest absolute Gasteiger partial charge is 0.338 e. The molecule has 1 aromatic rings. The highest BCUT2D eigenvalue weighted by atomic mass is 16.5. The molecule has 0 aliphatic carbocycles. The average Bonchev–Trinajstić information content (AvgIpc) is 2.68. The molecule has 0 saturated carbocycles. The molecule has 0 amide bonds. The molecule has 0 spiro atoms. The lowest BCUT2D eigenvalue weighted by Gasteiger charge is -2.24. The first-order valence-corrected chi connectivity index (χ1v) is 5.18. The van der Waals surface area contributed by atoms with E-state index in [1.807, 2.05) is 0 Å². The van der Waals surface area contributed by atoms with E-state index in [1.54, 1.807) is 0 Å². The fraction of sp³-hybridized carbons (Fsp3) is 0.778. The van der Waals surface area contributed by atoms with E-state index in [1.165, 1.54) is 19.3 Å². The quantitative estimate of drug-likeness (QED) is 0.765. The lowest BCUT2D eigenvalue weighted by molar-refractivity contribution is 0.377. The molecule has 1 aliphatic rings. The Labute approximate surface area is 83.3 Å². The van der Waals surface area contributed by atoms with E-state index in [-0.39, 0.29) is 0 Å². The molecule has 0 unspecified atom stereocenters. The molecular formula is C9H16N4O. The third kappa shape index (κ3) is 2.04. The van der Waals surface area contributed by atoms with Crippen LogP contribution in [-0.4, -0.2) is 29.8 Å². The van der Waals surface area contributed by atoms with Gasteiger partial charge in [-0.2, -0.15) is 4.98 Å². The van der Waals surface area contributed by atoms with Gasteiger partial charge in [-0.15, -0.1) is 0 Å². The van der Waals surface area contributed by atoms with Crippen LogP contribution < -0.4 is 10.6 Å². The van der Waals surface area contributed by atoms with Crippen molar-refractivity contribution in [1.29, 1.82) is 0 Å². The summed E-state index contributed by atoms with van der Waals surface area (Å²) in [7, 11) is 0. The van der Waals surface area contributed by atoms with E-state index in [4.69, 9.17) is 10.3 Å². The van der Waals surface area contributed by atoms with Gasteiger partial charge in [-0.1, -0.05) is 0 Å². The van der Waals surface area contributed by atoms with Crippen LogP contribution in [0.4, 0.5) is 5.95 Å². The minimum atomic E-state index is 0.557. The SMILES string of the molecule is NCCc1nc(N2CCCCC2)no1. The molecule has 0 radical (unpaired) electrons. The number of anilines is 1. The van der Waals surface area contributed by atoms with E-state index in [0.717, 1.165) is 19.0 Å². The van der Waals surface area contributed by atoms with E-state index >= 15 is 0 Å². The molecule has 1 aromatic heterocycles. The van der Waals surface area contributed by atoms with Crippen molar-refractivity contribution in [3.63, 3.8) is 0 Å². The van der Waals surface area contributed by atoms with Gasteiger partial charge in [0.1, 0.15) is 0 Å². The molecule has 2 rings (SSSR count). The highest BCUT2D eigenvalue weighted by Gasteiger charge is 2.16. The van der Waals surface area contributed by atoms with Crippen molar-refractivity contribution in [2.75, 3.05) is 24.5 Å². The summed E-state index contributed by atoms with van der Waals surface area (Å²) in [5.74, 6) is 1.38. The molecule has 14 heavy (non-hydrogen) atoms. The topological polar surface area (TPSA) is 68.2 Å². The van der Waals surface area contributed by atoms with Crippen LogP contribution in [0.3, 0.4) is 0 Å². The molecule has 78 valence electrons. The highest BCUT2D eigenvalue weighted by molar-refractivity contribution is 5.27. The lowest BCUT2D eigenvalue weighted by atomic mass is 10.1. The van der Waals surface area contributed by atoms with Crippen LogP contribution in [0.1, 0.15) is 25.2 Å². The van der Waals surface area contributed by atoms with Gasteiger partial charge in [-0.25, -0.2) is 0 Å². The zero-order valence-electron chi connectivity index (χ0n) is 8.28. The minimum Gasteiger partial charge on any atom is -0.338 e. The fourth-order valence-corrected chi connectivity index (χ4v) is 1.69. The van der Waals surface area contributed by atoms with Crippen LogP contribution in [0.15, 0.2) is 4.52 Å². The summed E-state index contributed by atoms with van der Waals surface area (Å²) in [4.78, 5) is 6.47. The number of aromatic nitrogens is 2. The van der Waals surface area contributed by atoms with Crippen LogP contribution in [0.25, 0.3) is 0 Å². The van der Waals surface area contributed by atoms with Gasteiger partial charge < -0.3 is 15.2 Å². The molecule has 1 fully saturated rings. The van der Waals surface area contributed by atoms with Gasteiger partial charge in [0, 0.05) is 26.1 Å². The average molecular weight is 196 g/mol. The lowest BCUT2D eigenvalue weighted by Crippen LogP contribution is -2.30. The second kappa shape index (κ2) is 4.41. The molecule has 0 atom stereocenters. The van der Waals surface area contributed by atoms with Gasteiger partial charge in [0.05, 0.1) is 0 Å². The molecular weight excluding hydrogens is 180 g/mol. The van der Waals surface area contributed by atoms with Gasteiger partial charge in [-0.05, 0) is 24.4 Å². The molecule has 0 aromatic carbocycles. The van der Waals surface area contributed by atoms with Gasteiger partial charge >= 0.3 is 0 Å². The maximum Gasteiger partial charge on any atom is 0.266 e. The number of nitrogens with zero attached hydrogens (tertiary/aromatic N) is 3. The van der Waals surface area contributed by atoms with Crippen molar-refractivity contribution in [1.82, 2.24) is 10.1 Å². The summed E-state index contributed by atoms with van der Waals surface area (Å²) in [6.07, 6.45) is 4.42. The standard InChI is InChI=1S/C9H16N4O/c10-5-4-8-11-9(12-14-8)13-6-2-1-3-7-13/h1-7,10H2. The minimum absolute atomic E-state index is 0.557. The summed E-state index contributed by atoms with van der Waals surface area (Å²) in [6, 6.07) is 0.